The number of nitrogens with one attached hydrogen (secondary N) is 2. The van der Waals surface area contributed by atoms with E-state index in [0.29, 0.717) is 17.3 Å². The maximum atomic E-state index is 12.0. The number of methoxy groups -OCH3 is 1. The second kappa shape index (κ2) is 6.10. The SMILES string of the molecule is COc1ccccc1NC(C)C(=O)Nc1cc(C)no1. The fourth-order valence-corrected chi connectivity index (χ4v) is 1.71. The van der Waals surface area contributed by atoms with Crippen LogP contribution in [0, 0.1) is 6.92 Å². The summed E-state index contributed by atoms with van der Waals surface area (Å²) in [5, 5.41) is 9.45. The van der Waals surface area contributed by atoms with Gasteiger partial charge in [-0.15, -0.1) is 0 Å². The van der Waals surface area contributed by atoms with E-state index >= 15 is 0 Å². The highest BCUT2D eigenvalue weighted by Gasteiger charge is 2.16. The Hall–Kier alpha value is -2.50. The van der Waals surface area contributed by atoms with E-state index < -0.39 is 6.04 Å². The van der Waals surface area contributed by atoms with Gasteiger partial charge in [0.05, 0.1) is 18.5 Å². The molecule has 0 fully saturated rings. The van der Waals surface area contributed by atoms with Gasteiger partial charge in [0.1, 0.15) is 11.8 Å². The summed E-state index contributed by atoms with van der Waals surface area (Å²) >= 11 is 0. The minimum absolute atomic E-state index is 0.216. The lowest BCUT2D eigenvalue weighted by Gasteiger charge is -2.16. The molecule has 0 bridgehead atoms. The number of hydrogen-bond acceptors (Lipinski definition) is 5. The largest absolute Gasteiger partial charge is 0.495 e. The number of ether oxygens (including phenoxy) is 1. The van der Waals surface area contributed by atoms with E-state index in [2.05, 4.69) is 15.8 Å². The summed E-state index contributed by atoms with van der Waals surface area (Å²) in [5.74, 6) is 0.802. The summed E-state index contributed by atoms with van der Waals surface area (Å²) in [4.78, 5) is 12.0. The zero-order valence-corrected chi connectivity index (χ0v) is 11.6. The van der Waals surface area contributed by atoms with Gasteiger partial charge in [-0.1, -0.05) is 17.3 Å². The van der Waals surface area contributed by atoms with Crippen LogP contribution in [0.15, 0.2) is 34.9 Å². The number of carbonyl (C=O) groups is 1. The topological polar surface area (TPSA) is 76.4 Å². The first-order chi connectivity index (χ1) is 9.60. The molecule has 0 radical (unpaired) electrons. The van der Waals surface area contributed by atoms with Gasteiger partial charge in [0.2, 0.25) is 11.8 Å². The molecule has 1 amide bonds. The summed E-state index contributed by atoms with van der Waals surface area (Å²) < 4.78 is 10.2. The Bertz CT molecular complexity index is 595. The van der Waals surface area contributed by atoms with E-state index in [4.69, 9.17) is 9.26 Å². The van der Waals surface area contributed by atoms with E-state index in [0.717, 1.165) is 5.69 Å². The Morgan fingerprint density at radius 1 is 1.40 bits per heavy atom. The number of carbonyl (C=O) groups excluding carboxylic acids is 1. The monoisotopic (exact) mass is 275 g/mol. The summed E-state index contributed by atoms with van der Waals surface area (Å²) in [5.41, 5.74) is 1.47. The smallest absolute Gasteiger partial charge is 0.248 e. The van der Waals surface area contributed by atoms with Gasteiger partial charge < -0.3 is 14.6 Å². The average Bonchev–Trinajstić information content (AvgIpc) is 2.84. The quantitative estimate of drug-likeness (QED) is 0.876. The third kappa shape index (κ3) is 3.28. The molecule has 0 aliphatic rings. The Kier molecular flexibility index (Phi) is 4.24. The van der Waals surface area contributed by atoms with Gasteiger partial charge in [-0.25, -0.2) is 0 Å². The van der Waals surface area contributed by atoms with Gasteiger partial charge >= 0.3 is 0 Å². The molecule has 0 aliphatic carbocycles. The van der Waals surface area contributed by atoms with Crippen molar-refractivity contribution < 1.29 is 14.1 Å². The Morgan fingerprint density at radius 2 is 2.15 bits per heavy atom. The lowest BCUT2D eigenvalue weighted by atomic mass is 10.2. The summed E-state index contributed by atoms with van der Waals surface area (Å²) in [7, 11) is 1.59. The molecule has 0 saturated heterocycles. The van der Waals surface area contributed by atoms with Crippen LogP contribution in [-0.4, -0.2) is 24.2 Å². The van der Waals surface area contributed by atoms with Crippen LogP contribution in [0.3, 0.4) is 0 Å². The molecule has 1 aromatic heterocycles. The molecule has 0 saturated carbocycles. The van der Waals surface area contributed by atoms with E-state index in [1.54, 1.807) is 27.0 Å². The maximum Gasteiger partial charge on any atom is 0.248 e. The molecule has 2 N–H and O–H groups in total. The standard InChI is InChI=1S/C14H17N3O3/c1-9-8-13(20-17-9)16-14(18)10(2)15-11-6-4-5-7-12(11)19-3/h4-8,10,15H,1-3H3,(H,16,18). The predicted molar refractivity (Wildman–Crippen MR) is 75.9 cm³/mol. The van der Waals surface area contributed by atoms with Crippen LogP contribution in [0.5, 0.6) is 5.75 Å². The van der Waals surface area contributed by atoms with Gasteiger partial charge in [-0.05, 0) is 26.0 Å². The van der Waals surface area contributed by atoms with Crippen LogP contribution in [0.2, 0.25) is 0 Å². The molecule has 1 unspecified atom stereocenters. The second-order valence-electron chi connectivity index (χ2n) is 4.39. The molecular formula is C14H17N3O3. The fraction of sp³-hybridized carbons (Fsp3) is 0.286. The number of para-hydroxylation sites is 2. The van der Waals surface area contributed by atoms with Crippen molar-refractivity contribution in [2.75, 3.05) is 17.7 Å². The van der Waals surface area contributed by atoms with Gasteiger partial charge in [0, 0.05) is 6.07 Å². The van der Waals surface area contributed by atoms with Crippen LogP contribution in [0.25, 0.3) is 0 Å². The zero-order valence-electron chi connectivity index (χ0n) is 11.6. The van der Waals surface area contributed by atoms with Crippen molar-refractivity contribution in [1.82, 2.24) is 5.16 Å². The number of rotatable bonds is 5. The molecule has 0 spiro atoms. The number of anilines is 2. The average molecular weight is 275 g/mol. The van der Waals surface area contributed by atoms with Crippen molar-refractivity contribution in [3.8, 4) is 5.75 Å². The fourth-order valence-electron chi connectivity index (χ4n) is 1.71. The number of amides is 1. The molecular weight excluding hydrogens is 258 g/mol. The number of nitrogens with zero attached hydrogens (tertiary/aromatic N) is 1. The molecule has 6 heteroatoms. The van der Waals surface area contributed by atoms with Crippen molar-refractivity contribution in [2.45, 2.75) is 19.9 Å². The third-order valence-corrected chi connectivity index (χ3v) is 2.75. The Balaban J connectivity index is 2.00. The normalized spacial score (nSPS) is 11.8. The maximum absolute atomic E-state index is 12.0. The lowest BCUT2D eigenvalue weighted by molar-refractivity contribution is -0.116. The Morgan fingerprint density at radius 3 is 2.80 bits per heavy atom. The van der Waals surface area contributed by atoms with E-state index in [9.17, 15) is 4.79 Å². The van der Waals surface area contributed by atoms with Crippen LogP contribution in [0.4, 0.5) is 11.6 Å². The second-order valence-corrected chi connectivity index (χ2v) is 4.39. The number of aryl methyl sites for hydroxylation is 1. The first kappa shape index (κ1) is 13.9. The first-order valence-corrected chi connectivity index (χ1v) is 6.24. The highest BCUT2D eigenvalue weighted by atomic mass is 16.5. The summed E-state index contributed by atoms with van der Waals surface area (Å²) in [6, 6.07) is 8.62. The lowest BCUT2D eigenvalue weighted by Crippen LogP contribution is -2.31. The highest BCUT2D eigenvalue weighted by Crippen LogP contribution is 2.23. The molecule has 106 valence electrons. The van der Waals surface area contributed by atoms with Crippen LogP contribution in [0.1, 0.15) is 12.6 Å². The molecule has 20 heavy (non-hydrogen) atoms. The molecule has 2 aromatic rings. The molecule has 2 rings (SSSR count). The summed E-state index contributed by atoms with van der Waals surface area (Å²) in [6.45, 7) is 3.54. The molecule has 0 aliphatic heterocycles. The van der Waals surface area contributed by atoms with Crippen molar-refractivity contribution in [3.05, 3.63) is 36.0 Å². The molecule has 1 heterocycles. The number of benzene rings is 1. The number of aromatic nitrogens is 1. The van der Waals surface area contributed by atoms with Gasteiger partial charge in [0.15, 0.2) is 0 Å². The predicted octanol–water partition coefficient (Wildman–Crippen LogP) is 2.43. The third-order valence-electron chi connectivity index (χ3n) is 2.75. The van der Waals surface area contributed by atoms with Crippen molar-refractivity contribution in [1.29, 1.82) is 0 Å². The highest BCUT2D eigenvalue weighted by molar-refractivity contribution is 5.95. The minimum atomic E-state index is -0.447. The van der Waals surface area contributed by atoms with Crippen LogP contribution in [-0.2, 0) is 4.79 Å². The van der Waals surface area contributed by atoms with Gasteiger partial charge in [-0.2, -0.15) is 0 Å². The van der Waals surface area contributed by atoms with E-state index in [1.807, 2.05) is 24.3 Å². The van der Waals surface area contributed by atoms with Crippen molar-refractivity contribution in [3.63, 3.8) is 0 Å². The van der Waals surface area contributed by atoms with Gasteiger partial charge in [-0.3, -0.25) is 10.1 Å². The Labute approximate surface area is 117 Å². The van der Waals surface area contributed by atoms with Crippen molar-refractivity contribution in [2.24, 2.45) is 0 Å². The van der Waals surface area contributed by atoms with E-state index in [-0.39, 0.29) is 5.91 Å². The molecule has 1 aromatic carbocycles. The minimum Gasteiger partial charge on any atom is -0.495 e. The van der Waals surface area contributed by atoms with Gasteiger partial charge in [0.25, 0.3) is 0 Å². The van der Waals surface area contributed by atoms with Crippen molar-refractivity contribution >= 4 is 17.5 Å². The zero-order chi connectivity index (χ0) is 14.5. The molecule has 6 nitrogen and oxygen atoms in total. The van der Waals surface area contributed by atoms with Crippen LogP contribution >= 0.6 is 0 Å². The first-order valence-electron chi connectivity index (χ1n) is 6.24. The van der Waals surface area contributed by atoms with E-state index in [1.165, 1.54) is 0 Å². The van der Waals surface area contributed by atoms with Crippen LogP contribution < -0.4 is 15.4 Å². The summed E-state index contributed by atoms with van der Waals surface area (Å²) in [6.07, 6.45) is 0. The molecule has 1 atom stereocenters. The number of hydrogen-bond donors (Lipinski definition) is 2.